The molecule has 2 aromatic rings. The van der Waals surface area contributed by atoms with Crippen LogP contribution in [-0.4, -0.2) is 19.1 Å². The van der Waals surface area contributed by atoms with Gasteiger partial charge in [0.1, 0.15) is 6.17 Å². The fraction of sp³-hybridized carbons (Fsp3) is 0.214. The van der Waals surface area contributed by atoms with Gasteiger partial charge in [-0.1, -0.05) is 18.2 Å². The lowest BCUT2D eigenvalue weighted by Crippen LogP contribution is -2.31. The van der Waals surface area contributed by atoms with Gasteiger partial charge >= 0.3 is 0 Å². The van der Waals surface area contributed by atoms with Crippen LogP contribution in [0.15, 0.2) is 48.7 Å². The number of nitrogens with zero attached hydrogens (tertiary/aromatic N) is 3. The molecule has 1 aromatic carbocycles. The van der Waals surface area contributed by atoms with Gasteiger partial charge in [0.25, 0.3) is 0 Å². The number of hydrogen-bond acceptors (Lipinski definition) is 3. The van der Waals surface area contributed by atoms with Crippen molar-refractivity contribution in [1.82, 2.24) is 4.98 Å². The predicted octanol–water partition coefficient (Wildman–Crippen LogP) is 2.67. The number of para-hydroxylation sites is 2. The van der Waals surface area contributed by atoms with Gasteiger partial charge in [-0.25, -0.2) is 0 Å². The highest BCUT2D eigenvalue weighted by Gasteiger charge is 2.32. The van der Waals surface area contributed by atoms with Crippen molar-refractivity contribution in [2.24, 2.45) is 0 Å². The molecular weight excluding hydrogens is 210 g/mol. The van der Waals surface area contributed by atoms with E-state index < -0.39 is 0 Å². The van der Waals surface area contributed by atoms with Gasteiger partial charge in [-0.15, -0.1) is 0 Å². The second-order valence-corrected chi connectivity index (χ2v) is 4.34. The van der Waals surface area contributed by atoms with E-state index in [2.05, 4.69) is 59.2 Å². The van der Waals surface area contributed by atoms with E-state index in [1.165, 1.54) is 11.4 Å². The zero-order chi connectivity index (χ0) is 11.8. The van der Waals surface area contributed by atoms with Crippen molar-refractivity contribution in [2.45, 2.75) is 6.17 Å². The lowest BCUT2D eigenvalue weighted by Gasteiger charge is -2.27. The summed E-state index contributed by atoms with van der Waals surface area (Å²) in [7, 11) is 4.23. The summed E-state index contributed by atoms with van der Waals surface area (Å²) in [6, 6.07) is 14.5. The highest BCUT2D eigenvalue weighted by Crippen LogP contribution is 2.43. The molecule has 17 heavy (non-hydrogen) atoms. The first-order chi connectivity index (χ1) is 8.29. The van der Waals surface area contributed by atoms with E-state index >= 15 is 0 Å². The summed E-state index contributed by atoms with van der Waals surface area (Å²) < 4.78 is 0. The minimum atomic E-state index is 0.189. The summed E-state index contributed by atoms with van der Waals surface area (Å²) in [5.74, 6) is 0. The van der Waals surface area contributed by atoms with Crippen LogP contribution in [-0.2, 0) is 0 Å². The Kier molecular flexibility index (Phi) is 2.25. The molecule has 0 aliphatic carbocycles. The van der Waals surface area contributed by atoms with Gasteiger partial charge in [0.15, 0.2) is 0 Å². The van der Waals surface area contributed by atoms with Gasteiger partial charge in [-0.2, -0.15) is 0 Å². The van der Waals surface area contributed by atoms with Gasteiger partial charge in [0, 0.05) is 20.3 Å². The van der Waals surface area contributed by atoms with Gasteiger partial charge in [0.05, 0.1) is 17.1 Å². The Balaban J connectivity index is 2.06. The van der Waals surface area contributed by atoms with Crippen LogP contribution >= 0.6 is 0 Å². The summed E-state index contributed by atoms with van der Waals surface area (Å²) >= 11 is 0. The summed E-state index contributed by atoms with van der Waals surface area (Å²) in [5.41, 5.74) is 3.59. The normalized spacial score (nSPS) is 15.2. The molecule has 0 amide bonds. The lowest BCUT2D eigenvalue weighted by molar-refractivity contribution is 0.672. The largest absolute Gasteiger partial charge is 0.348 e. The molecule has 0 fully saturated rings. The first-order valence-electron chi connectivity index (χ1n) is 5.74. The Labute approximate surface area is 101 Å². The summed E-state index contributed by atoms with van der Waals surface area (Å²) in [4.78, 5) is 8.98. The summed E-state index contributed by atoms with van der Waals surface area (Å²) in [5, 5.41) is 0. The topological polar surface area (TPSA) is 19.4 Å². The minimum Gasteiger partial charge on any atom is -0.348 e. The molecule has 1 aromatic heterocycles. The van der Waals surface area contributed by atoms with Crippen LogP contribution in [0.5, 0.6) is 0 Å². The molecule has 0 atom stereocenters. The monoisotopic (exact) mass is 225 g/mol. The molecular formula is C14H15N3. The van der Waals surface area contributed by atoms with Crippen LogP contribution in [0.4, 0.5) is 11.4 Å². The minimum absolute atomic E-state index is 0.189. The number of benzene rings is 1. The molecule has 0 bridgehead atoms. The van der Waals surface area contributed by atoms with Gasteiger partial charge in [0.2, 0.25) is 0 Å². The quantitative estimate of drug-likeness (QED) is 0.743. The van der Waals surface area contributed by atoms with Crippen LogP contribution in [0.3, 0.4) is 0 Å². The number of aromatic nitrogens is 1. The molecule has 1 aliphatic rings. The molecule has 2 heterocycles. The fourth-order valence-electron chi connectivity index (χ4n) is 2.51. The third kappa shape index (κ3) is 1.46. The van der Waals surface area contributed by atoms with Crippen molar-refractivity contribution in [3.05, 3.63) is 54.4 Å². The third-order valence-electron chi connectivity index (χ3n) is 3.33. The van der Waals surface area contributed by atoms with E-state index in [-0.39, 0.29) is 6.17 Å². The fourth-order valence-corrected chi connectivity index (χ4v) is 2.51. The van der Waals surface area contributed by atoms with Gasteiger partial charge in [-0.3, -0.25) is 4.98 Å². The zero-order valence-electron chi connectivity index (χ0n) is 10.0. The second-order valence-electron chi connectivity index (χ2n) is 4.34. The molecule has 3 rings (SSSR count). The van der Waals surface area contributed by atoms with Crippen LogP contribution in [0.25, 0.3) is 0 Å². The smallest absolute Gasteiger partial charge is 0.145 e. The molecule has 0 spiro atoms. The van der Waals surface area contributed by atoms with E-state index in [4.69, 9.17) is 0 Å². The number of pyridine rings is 1. The number of fused-ring (bicyclic) bond motifs is 1. The maximum atomic E-state index is 4.46. The molecule has 3 nitrogen and oxygen atoms in total. The Morgan fingerprint density at radius 1 is 0.882 bits per heavy atom. The summed E-state index contributed by atoms with van der Waals surface area (Å²) in [6.07, 6.45) is 2.04. The molecule has 0 saturated heterocycles. The maximum absolute atomic E-state index is 4.46. The van der Waals surface area contributed by atoms with Crippen molar-refractivity contribution in [3.63, 3.8) is 0 Å². The predicted molar refractivity (Wildman–Crippen MR) is 70.2 cm³/mol. The van der Waals surface area contributed by atoms with Crippen molar-refractivity contribution >= 4 is 11.4 Å². The van der Waals surface area contributed by atoms with Crippen LogP contribution in [0.1, 0.15) is 11.9 Å². The van der Waals surface area contributed by atoms with E-state index in [1.54, 1.807) is 0 Å². The van der Waals surface area contributed by atoms with Crippen molar-refractivity contribution in [2.75, 3.05) is 23.9 Å². The molecule has 1 aliphatic heterocycles. The van der Waals surface area contributed by atoms with E-state index in [1.807, 2.05) is 18.3 Å². The van der Waals surface area contributed by atoms with Crippen LogP contribution < -0.4 is 9.80 Å². The SMILES string of the molecule is CN1c2ccccc2N(C)C1c1ccccn1. The Morgan fingerprint density at radius 3 is 2.00 bits per heavy atom. The van der Waals surface area contributed by atoms with Gasteiger partial charge in [-0.05, 0) is 24.3 Å². The Bertz CT molecular complexity index is 495. The average Bonchev–Trinajstić information content (AvgIpc) is 2.64. The first-order valence-corrected chi connectivity index (χ1v) is 5.74. The molecule has 0 radical (unpaired) electrons. The third-order valence-corrected chi connectivity index (χ3v) is 3.33. The lowest BCUT2D eigenvalue weighted by atomic mass is 10.2. The average molecular weight is 225 g/mol. The van der Waals surface area contributed by atoms with Crippen LogP contribution in [0.2, 0.25) is 0 Å². The molecule has 0 N–H and O–H groups in total. The first kappa shape index (κ1) is 10.1. The standard InChI is InChI=1S/C14H15N3/c1-16-12-8-3-4-9-13(12)17(2)14(16)11-7-5-6-10-15-11/h3-10,14H,1-2H3. The van der Waals surface area contributed by atoms with Crippen molar-refractivity contribution in [3.8, 4) is 0 Å². The highest BCUT2D eigenvalue weighted by molar-refractivity contribution is 5.77. The number of rotatable bonds is 1. The Morgan fingerprint density at radius 2 is 1.47 bits per heavy atom. The summed E-state index contributed by atoms with van der Waals surface area (Å²) in [6.45, 7) is 0. The van der Waals surface area contributed by atoms with Crippen molar-refractivity contribution in [1.29, 1.82) is 0 Å². The highest BCUT2D eigenvalue weighted by atomic mass is 15.4. The molecule has 3 heteroatoms. The second kappa shape index (κ2) is 3.77. The van der Waals surface area contributed by atoms with E-state index in [0.717, 1.165) is 5.69 Å². The van der Waals surface area contributed by atoms with Gasteiger partial charge < -0.3 is 9.80 Å². The molecule has 86 valence electrons. The molecule has 0 saturated carbocycles. The van der Waals surface area contributed by atoms with E-state index in [9.17, 15) is 0 Å². The number of hydrogen-bond donors (Lipinski definition) is 0. The van der Waals surface area contributed by atoms with E-state index in [0.29, 0.717) is 0 Å². The van der Waals surface area contributed by atoms with Crippen molar-refractivity contribution < 1.29 is 0 Å². The Hall–Kier alpha value is -2.03. The molecule has 0 unspecified atom stereocenters. The van der Waals surface area contributed by atoms with Crippen LogP contribution in [0, 0.1) is 0 Å². The zero-order valence-corrected chi connectivity index (χ0v) is 10.0. The maximum Gasteiger partial charge on any atom is 0.145 e. The number of anilines is 2.